The van der Waals surface area contributed by atoms with Gasteiger partial charge in [0.25, 0.3) is 11.6 Å². The van der Waals surface area contributed by atoms with Crippen LogP contribution in [0.15, 0.2) is 48.5 Å². The van der Waals surface area contributed by atoms with Gasteiger partial charge < -0.3 is 10.1 Å². The molecule has 0 radical (unpaired) electrons. The number of non-ortho nitro benzene ring substituents is 1. The van der Waals surface area contributed by atoms with Crippen LogP contribution in [0.3, 0.4) is 0 Å². The van der Waals surface area contributed by atoms with Crippen LogP contribution in [0.2, 0.25) is 0 Å². The van der Waals surface area contributed by atoms with Crippen LogP contribution in [0.4, 0.5) is 10.1 Å². The van der Waals surface area contributed by atoms with Crippen molar-refractivity contribution in [2.75, 3.05) is 6.54 Å². The summed E-state index contributed by atoms with van der Waals surface area (Å²) in [5.74, 6) is -1.79. The van der Waals surface area contributed by atoms with Gasteiger partial charge in [0, 0.05) is 17.7 Å². The minimum atomic E-state index is -0.710. The number of hydrogen-bond acceptors (Lipinski definition) is 5. The summed E-state index contributed by atoms with van der Waals surface area (Å²) in [4.78, 5) is 33.5. The lowest BCUT2D eigenvalue weighted by Gasteiger charge is -2.07. The highest BCUT2D eigenvalue weighted by molar-refractivity contribution is 5.96. The molecule has 2 aromatic rings. The van der Waals surface area contributed by atoms with E-state index < -0.39 is 29.2 Å². The van der Waals surface area contributed by atoms with Crippen LogP contribution < -0.4 is 5.32 Å². The molecule has 0 aliphatic heterocycles. The third-order valence-electron chi connectivity index (χ3n) is 3.00. The fourth-order valence-electron chi connectivity index (χ4n) is 1.86. The van der Waals surface area contributed by atoms with Gasteiger partial charge in [0.15, 0.2) is 0 Å². The highest BCUT2D eigenvalue weighted by Crippen LogP contribution is 2.12. The smallest absolute Gasteiger partial charge is 0.325 e. The number of nitrogens with zero attached hydrogens (tertiary/aromatic N) is 1. The lowest BCUT2D eigenvalue weighted by Crippen LogP contribution is -2.30. The number of ether oxygens (including phenoxy) is 1. The molecule has 0 unspecified atom stereocenters. The van der Waals surface area contributed by atoms with E-state index in [0.717, 1.165) is 6.07 Å². The molecule has 0 aromatic heterocycles. The van der Waals surface area contributed by atoms with Crippen molar-refractivity contribution in [2.45, 2.75) is 6.61 Å². The fourth-order valence-corrected chi connectivity index (χ4v) is 1.86. The van der Waals surface area contributed by atoms with E-state index in [-0.39, 0.29) is 17.9 Å². The van der Waals surface area contributed by atoms with Crippen molar-refractivity contribution in [3.05, 3.63) is 75.6 Å². The van der Waals surface area contributed by atoms with E-state index in [1.54, 1.807) is 6.07 Å². The second-order valence-electron chi connectivity index (χ2n) is 4.78. The Bertz CT molecular complexity index is 779. The topological polar surface area (TPSA) is 98.5 Å². The Morgan fingerprint density at radius 3 is 2.62 bits per heavy atom. The molecule has 0 aliphatic rings. The zero-order valence-corrected chi connectivity index (χ0v) is 12.4. The molecular formula is C16H13FN2O5. The minimum Gasteiger partial charge on any atom is -0.460 e. The molecule has 0 spiro atoms. The highest BCUT2D eigenvalue weighted by atomic mass is 19.1. The number of benzene rings is 2. The maximum atomic E-state index is 13.0. The van der Waals surface area contributed by atoms with Gasteiger partial charge in [-0.1, -0.05) is 18.2 Å². The first kappa shape index (κ1) is 17.1. The molecule has 8 heteroatoms. The molecule has 124 valence electrons. The van der Waals surface area contributed by atoms with Gasteiger partial charge in [0.05, 0.1) is 4.92 Å². The van der Waals surface area contributed by atoms with E-state index in [0.29, 0.717) is 5.56 Å². The third-order valence-corrected chi connectivity index (χ3v) is 3.00. The Morgan fingerprint density at radius 1 is 1.17 bits per heavy atom. The minimum absolute atomic E-state index is 0.0575. The SMILES string of the molecule is O=C(CNC(=O)c1cccc([N+](=O)[O-])c1)OCc1cccc(F)c1. The standard InChI is InChI=1S/C16H13FN2O5/c17-13-5-1-3-11(7-13)10-24-15(20)9-18-16(21)12-4-2-6-14(8-12)19(22)23/h1-8H,9-10H2,(H,18,21). The molecular weight excluding hydrogens is 319 g/mol. The molecule has 0 bridgehead atoms. The molecule has 0 fully saturated rings. The molecule has 0 heterocycles. The van der Waals surface area contributed by atoms with E-state index in [2.05, 4.69) is 5.32 Å². The van der Waals surface area contributed by atoms with Gasteiger partial charge >= 0.3 is 5.97 Å². The average molecular weight is 332 g/mol. The Labute approximate surface area is 136 Å². The van der Waals surface area contributed by atoms with E-state index >= 15 is 0 Å². The highest BCUT2D eigenvalue weighted by Gasteiger charge is 2.13. The number of hydrogen-bond donors (Lipinski definition) is 1. The number of nitro groups is 1. The number of rotatable bonds is 6. The first-order valence-corrected chi connectivity index (χ1v) is 6.88. The zero-order chi connectivity index (χ0) is 17.5. The van der Waals surface area contributed by atoms with Crippen molar-refractivity contribution in [3.63, 3.8) is 0 Å². The maximum Gasteiger partial charge on any atom is 0.325 e. The van der Waals surface area contributed by atoms with Crippen LogP contribution in [0.25, 0.3) is 0 Å². The molecule has 2 aromatic carbocycles. The average Bonchev–Trinajstić information content (AvgIpc) is 2.58. The van der Waals surface area contributed by atoms with E-state index in [9.17, 15) is 24.1 Å². The number of amides is 1. The molecule has 24 heavy (non-hydrogen) atoms. The van der Waals surface area contributed by atoms with Crippen molar-refractivity contribution in [3.8, 4) is 0 Å². The Kier molecular flexibility index (Phi) is 5.56. The molecule has 1 N–H and O–H groups in total. The van der Waals surface area contributed by atoms with Crippen LogP contribution in [0.1, 0.15) is 15.9 Å². The second-order valence-corrected chi connectivity index (χ2v) is 4.78. The summed E-state index contributed by atoms with van der Waals surface area (Å²) >= 11 is 0. The van der Waals surface area contributed by atoms with Crippen molar-refractivity contribution >= 4 is 17.6 Å². The van der Waals surface area contributed by atoms with E-state index in [4.69, 9.17) is 4.74 Å². The van der Waals surface area contributed by atoms with Gasteiger partial charge in [-0.2, -0.15) is 0 Å². The number of esters is 1. The number of carbonyl (C=O) groups is 2. The summed E-state index contributed by atoms with van der Waals surface area (Å²) in [6, 6.07) is 10.7. The van der Waals surface area contributed by atoms with Gasteiger partial charge in [-0.25, -0.2) is 4.39 Å². The first-order chi connectivity index (χ1) is 11.5. The monoisotopic (exact) mass is 332 g/mol. The zero-order valence-electron chi connectivity index (χ0n) is 12.4. The number of carbonyl (C=O) groups excluding carboxylic acids is 2. The molecule has 0 saturated carbocycles. The molecule has 7 nitrogen and oxygen atoms in total. The van der Waals surface area contributed by atoms with E-state index in [1.165, 1.54) is 36.4 Å². The lowest BCUT2D eigenvalue weighted by molar-refractivity contribution is -0.384. The summed E-state index contributed by atoms with van der Waals surface area (Å²) in [6.45, 7) is -0.528. The summed E-state index contributed by atoms with van der Waals surface area (Å²) in [5, 5.41) is 13.0. The summed E-state index contributed by atoms with van der Waals surface area (Å²) in [7, 11) is 0. The van der Waals surface area contributed by atoms with Crippen LogP contribution in [0.5, 0.6) is 0 Å². The summed E-state index contributed by atoms with van der Waals surface area (Å²) < 4.78 is 17.9. The predicted octanol–water partition coefficient (Wildman–Crippen LogP) is 2.21. The van der Waals surface area contributed by atoms with Crippen LogP contribution in [0, 0.1) is 15.9 Å². The largest absolute Gasteiger partial charge is 0.460 e. The van der Waals surface area contributed by atoms with Gasteiger partial charge in [-0.3, -0.25) is 19.7 Å². The second kappa shape index (κ2) is 7.82. The molecule has 0 aliphatic carbocycles. The summed E-state index contributed by atoms with van der Waals surface area (Å²) in [6.07, 6.45) is 0. The molecule has 2 rings (SSSR count). The molecule has 1 amide bonds. The molecule has 0 saturated heterocycles. The van der Waals surface area contributed by atoms with Gasteiger partial charge in [-0.15, -0.1) is 0 Å². The Balaban J connectivity index is 1.84. The summed E-state index contributed by atoms with van der Waals surface area (Å²) in [5.41, 5.74) is 0.312. The third kappa shape index (κ3) is 4.87. The number of nitrogens with one attached hydrogen (secondary N) is 1. The lowest BCUT2D eigenvalue weighted by atomic mass is 10.2. The first-order valence-electron chi connectivity index (χ1n) is 6.88. The quantitative estimate of drug-likeness (QED) is 0.497. The van der Waals surface area contributed by atoms with Crippen LogP contribution in [-0.4, -0.2) is 23.3 Å². The number of nitro benzene ring substituents is 1. The van der Waals surface area contributed by atoms with Crippen molar-refractivity contribution < 1.29 is 23.6 Å². The van der Waals surface area contributed by atoms with Gasteiger partial charge in [-0.05, 0) is 23.8 Å². The number of halogens is 1. The van der Waals surface area contributed by atoms with Crippen LogP contribution >= 0.6 is 0 Å². The van der Waals surface area contributed by atoms with Crippen molar-refractivity contribution in [1.29, 1.82) is 0 Å². The van der Waals surface area contributed by atoms with Gasteiger partial charge in [0.2, 0.25) is 0 Å². The fraction of sp³-hybridized carbons (Fsp3) is 0.125. The normalized spacial score (nSPS) is 10.0. The molecule has 0 atom stereocenters. The predicted molar refractivity (Wildman–Crippen MR) is 81.6 cm³/mol. The maximum absolute atomic E-state index is 13.0. The van der Waals surface area contributed by atoms with Crippen molar-refractivity contribution in [1.82, 2.24) is 5.32 Å². The Hall–Kier alpha value is -3.29. The van der Waals surface area contributed by atoms with Crippen molar-refractivity contribution in [2.24, 2.45) is 0 Å². The Morgan fingerprint density at radius 2 is 1.92 bits per heavy atom. The van der Waals surface area contributed by atoms with E-state index in [1.807, 2.05) is 0 Å². The van der Waals surface area contributed by atoms with Gasteiger partial charge in [0.1, 0.15) is 19.0 Å². The van der Waals surface area contributed by atoms with Crippen LogP contribution in [-0.2, 0) is 16.1 Å².